The predicted octanol–water partition coefficient (Wildman–Crippen LogP) is 0.315. The van der Waals surface area contributed by atoms with Crippen molar-refractivity contribution in [1.29, 1.82) is 0 Å². The molecule has 0 bridgehead atoms. The maximum Gasteiger partial charge on any atom is 0.0267 e. The highest BCUT2D eigenvalue weighted by Gasteiger charge is 2.14. The lowest BCUT2D eigenvalue weighted by Gasteiger charge is -2.27. The average molecular weight is 127 g/mol. The lowest BCUT2D eigenvalue weighted by Crippen LogP contribution is -2.36. The molecule has 2 heteroatoms. The van der Waals surface area contributed by atoms with Crippen molar-refractivity contribution in [2.24, 2.45) is 0 Å². The summed E-state index contributed by atoms with van der Waals surface area (Å²) in [6.45, 7) is 2.45. The molecule has 1 saturated heterocycles. The molecular formula is C7H15N2. The summed E-state index contributed by atoms with van der Waals surface area (Å²) in [5.74, 6) is 0. The zero-order valence-electron chi connectivity index (χ0n) is 6.30. The monoisotopic (exact) mass is 127 g/mol. The van der Waals surface area contributed by atoms with Gasteiger partial charge in [0.1, 0.15) is 0 Å². The Balaban J connectivity index is 2.18. The van der Waals surface area contributed by atoms with Gasteiger partial charge in [0, 0.05) is 13.1 Å². The molecule has 0 atom stereocenters. The Morgan fingerprint density at radius 2 is 1.89 bits per heavy atom. The van der Waals surface area contributed by atoms with Crippen molar-refractivity contribution in [3.8, 4) is 0 Å². The summed E-state index contributed by atoms with van der Waals surface area (Å²) >= 11 is 0. The number of rotatable bonds is 1. The smallest absolute Gasteiger partial charge is 0.0267 e. The van der Waals surface area contributed by atoms with Crippen molar-refractivity contribution < 1.29 is 0 Å². The quantitative estimate of drug-likeness (QED) is 0.495. The molecule has 0 unspecified atom stereocenters. The standard InChI is InChI=1S/C7H15N2/c1-8-7-3-5-9(2)6-4-7/h7H,3-6H2,1-2H3. The molecule has 1 heterocycles. The topological polar surface area (TPSA) is 17.3 Å². The molecular weight excluding hydrogens is 112 g/mol. The van der Waals surface area contributed by atoms with Crippen molar-refractivity contribution in [2.75, 3.05) is 27.2 Å². The molecule has 0 spiro atoms. The largest absolute Gasteiger partial charge is 0.306 e. The van der Waals surface area contributed by atoms with Gasteiger partial charge in [-0.2, -0.15) is 0 Å². The maximum atomic E-state index is 4.26. The Morgan fingerprint density at radius 1 is 1.33 bits per heavy atom. The highest BCUT2D eigenvalue weighted by atomic mass is 15.1. The van der Waals surface area contributed by atoms with E-state index in [0.717, 1.165) is 0 Å². The van der Waals surface area contributed by atoms with Crippen LogP contribution in [0, 0.1) is 0 Å². The molecule has 1 aliphatic heterocycles. The highest BCUT2D eigenvalue weighted by Crippen LogP contribution is 2.07. The Kier molecular flexibility index (Phi) is 2.49. The molecule has 9 heavy (non-hydrogen) atoms. The Labute approximate surface area is 57.2 Å². The van der Waals surface area contributed by atoms with Crippen LogP contribution in [0.5, 0.6) is 0 Å². The van der Waals surface area contributed by atoms with E-state index in [2.05, 4.69) is 17.3 Å². The molecule has 0 aliphatic carbocycles. The number of likely N-dealkylation sites (tertiary alicyclic amines) is 1. The van der Waals surface area contributed by atoms with Crippen LogP contribution < -0.4 is 5.32 Å². The van der Waals surface area contributed by atoms with Crippen molar-refractivity contribution in [2.45, 2.75) is 18.9 Å². The molecule has 0 amide bonds. The van der Waals surface area contributed by atoms with Gasteiger partial charge in [-0.1, -0.05) is 0 Å². The number of nitrogens with zero attached hydrogens (tertiary/aromatic N) is 2. The van der Waals surface area contributed by atoms with E-state index < -0.39 is 0 Å². The van der Waals surface area contributed by atoms with E-state index in [9.17, 15) is 0 Å². The molecule has 1 fully saturated rings. The molecule has 2 nitrogen and oxygen atoms in total. The summed E-state index contributed by atoms with van der Waals surface area (Å²) < 4.78 is 0. The summed E-state index contributed by atoms with van der Waals surface area (Å²) in [5, 5.41) is 4.26. The minimum Gasteiger partial charge on any atom is -0.306 e. The van der Waals surface area contributed by atoms with E-state index >= 15 is 0 Å². The first-order valence-corrected chi connectivity index (χ1v) is 3.60. The van der Waals surface area contributed by atoms with Gasteiger partial charge >= 0.3 is 0 Å². The Morgan fingerprint density at radius 3 is 2.33 bits per heavy atom. The second-order valence-electron chi connectivity index (χ2n) is 2.79. The summed E-state index contributed by atoms with van der Waals surface area (Å²) in [6, 6.07) is 0.654. The van der Waals surface area contributed by atoms with Gasteiger partial charge in [-0.05, 0) is 33.0 Å². The first-order valence-electron chi connectivity index (χ1n) is 3.60. The van der Waals surface area contributed by atoms with Crippen molar-refractivity contribution in [1.82, 2.24) is 10.2 Å². The Hall–Kier alpha value is -0.0800. The molecule has 0 aromatic heterocycles. The molecule has 53 valence electrons. The number of hydrogen-bond donors (Lipinski definition) is 0. The van der Waals surface area contributed by atoms with E-state index in [0.29, 0.717) is 6.04 Å². The van der Waals surface area contributed by atoms with Crippen LogP contribution in [0.15, 0.2) is 0 Å². The normalized spacial score (nSPS) is 24.7. The molecule has 0 N–H and O–H groups in total. The van der Waals surface area contributed by atoms with Gasteiger partial charge < -0.3 is 4.90 Å². The highest BCUT2D eigenvalue weighted by molar-refractivity contribution is 4.72. The van der Waals surface area contributed by atoms with E-state index in [4.69, 9.17) is 0 Å². The SMILES string of the molecule is C[N]C1CCN(C)CC1. The van der Waals surface area contributed by atoms with Crippen LogP contribution in [0.25, 0.3) is 0 Å². The van der Waals surface area contributed by atoms with Crippen molar-refractivity contribution >= 4 is 0 Å². The van der Waals surface area contributed by atoms with E-state index in [1.165, 1.54) is 25.9 Å². The predicted molar refractivity (Wildman–Crippen MR) is 38.6 cm³/mol. The summed E-state index contributed by atoms with van der Waals surface area (Å²) in [7, 11) is 4.10. The fraction of sp³-hybridized carbons (Fsp3) is 1.00. The van der Waals surface area contributed by atoms with Crippen molar-refractivity contribution in [3.63, 3.8) is 0 Å². The van der Waals surface area contributed by atoms with E-state index in [1.807, 2.05) is 7.05 Å². The van der Waals surface area contributed by atoms with Crippen LogP contribution in [0.3, 0.4) is 0 Å². The van der Waals surface area contributed by atoms with Gasteiger partial charge in [-0.25, -0.2) is 5.32 Å². The molecule has 0 saturated carbocycles. The lowest BCUT2D eigenvalue weighted by atomic mass is 10.1. The second kappa shape index (κ2) is 3.18. The minimum absolute atomic E-state index is 0.654. The third-order valence-corrected chi connectivity index (χ3v) is 2.05. The van der Waals surface area contributed by atoms with Gasteiger partial charge in [0.15, 0.2) is 0 Å². The summed E-state index contributed by atoms with van der Waals surface area (Å²) in [5.41, 5.74) is 0. The average Bonchev–Trinajstić information content (AvgIpc) is 1.90. The van der Waals surface area contributed by atoms with Gasteiger partial charge in [0.25, 0.3) is 0 Å². The first-order chi connectivity index (χ1) is 4.33. The third-order valence-electron chi connectivity index (χ3n) is 2.05. The summed E-state index contributed by atoms with van der Waals surface area (Å²) in [4.78, 5) is 2.36. The van der Waals surface area contributed by atoms with Crippen LogP contribution in [0.4, 0.5) is 0 Å². The zero-order valence-corrected chi connectivity index (χ0v) is 6.30. The summed E-state index contributed by atoms with van der Waals surface area (Å²) in [6.07, 6.45) is 2.51. The van der Waals surface area contributed by atoms with Gasteiger partial charge in [-0.3, -0.25) is 0 Å². The van der Waals surface area contributed by atoms with Crippen LogP contribution in [0.2, 0.25) is 0 Å². The maximum absolute atomic E-state index is 4.26. The lowest BCUT2D eigenvalue weighted by molar-refractivity contribution is 0.239. The first kappa shape index (κ1) is 7.03. The minimum atomic E-state index is 0.654. The fourth-order valence-electron chi connectivity index (χ4n) is 1.25. The molecule has 1 aliphatic rings. The van der Waals surface area contributed by atoms with E-state index in [1.54, 1.807) is 0 Å². The fourth-order valence-corrected chi connectivity index (χ4v) is 1.25. The zero-order chi connectivity index (χ0) is 6.69. The number of hydrogen-bond acceptors (Lipinski definition) is 1. The van der Waals surface area contributed by atoms with Crippen LogP contribution >= 0.6 is 0 Å². The van der Waals surface area contributed by atoms with Gasteiger partial charge in [-0.15, -0.1) is 0 Å². The Bertz CT molecular complexity index is 75.0. The van der Waals surface area contributed by atoms with Gasteiger partial charge in [0.2, 0.25) is 0 Å². The van der Waals surface area contributed by atoms with Crippen molar-refractivity contribution in [3.05, 3.63) is 0 Å². The second-order valence-corrected chi connectivity index (χ2v) is 2.79. The molecule has 0 aromatic rings. The molecule has 1 radical (unpaired) electrons. The number of piperidine rings is 1. The molecule has 1 rings (SSSR count). The molecule has 0 aromatic carbocycles. The third kappa shape index (κ3) is 1.95. The van der Waals surface area contributed by atoms with Crippen LogP contribution in [-0.2, 0) is 0 Å². The van der Waals surface area contributed by atoms with Crippen LogP contribution in [0.1, 0.15) is 12.8 Å². The van der Waals surface area contributed by atoms with Gasteiger partial charge in [0.05, 0.1) is 0 Å². The van der Waals surface area contributed by atoms with E-state index in [-0.39, 0.29) is 0 Å². The van der Waals surface area contributed by atoms with Crippen LogP contribution in [-0.4, -0.2) is 38.1 Å².